The SMILES string of the molecule is Cc1ccc(/C=C/C(=O)NNC(=O)COc2ccccc2[N+](=O)[O-])o1. The van der Waals surface area contributed by atoms with Gasteiger partial charge in [-0.1, -0.05) is 12.1 Å². The maximum Gasteiger partial charge on any atom is 0.310 e. The molecule has 0 spiro atoms. The highest BCUT2D eigenvalue weighted by atomic mass is 16.6. The lowest BCUT2D eigenvalue weighted by atomic mass is 10.3. The molecule has 0 aliphatic carbocycles. The van der Waals surface area contributed by atoms with Gasteiger partial charge in [0.25, 0.3) is 11.8 Å². The van der Waals surface area contributed by atoms with Crippen LogP contribution in [0.15, 0.2) is 46.9 Å². The molecule has 0 saturated heterocycles. The second-order valence-corrected chi connectivity index (χ2v) is 4.83. The predicted molar refractivity (Wildman–Crippen MR) is 87.4 cm³/mol. The average molecular weight is 345 g/mol. The van der Waals surface area contributed by atoms with Gasteiger partial charge in [0.05, 0.1) is 4.92 Å². The number of carbonyl (C=O) groups is 2. The molecule has 9 nitrogen and oxygen atoms in total. The number of hydrogen-bond donors (Lipinski definition) is 2. The summed E-state index contributed by atoms with van der Waals surface area (Å²) in [6.45, 7) is 1.28. The highest BCUT2D eigenvalue weighted by Crippen LogP contribution is 2.25. The van der Waals surface area contributed by atoms with Crippen molar-refractivity contribution in [2.75, 3.05) is 6.61 Å². The molecular weight excluding hydrogens is 330 g/mol. The number of para-hydroxylation sites is 2. The normalized spacial score (nSPS) is 10.4. The van der Waals surface area contributed by atoms with Gasteiger partial charge in [-0.25, -0.2) is 0 Å². The number of carbonyl (C=O) groups excluding carboxylic acids is 2. The van der Waals surface area contributed by atoms with Crippen LogP contribution < -0.4 is 15.6 Å². The largest absolute Gasteiger partial charge is 0.477 e. The van der Waals surface area contributed by atoms with E-state index in [1.807, 2.05) is 0 Å². The Bertz CT molecular complexity index is 812. The van der Waals surface area contributed by atoms with Gasteiger partial charge in [0.15, 0.2) is 12.4 Å². The Hall–Kier alpha value is -3.62. The summed E-state index contributed by atoms with van der Waals surface area (Å²) in [6.07, 6.45) is 2.62. The quantitative estimate of drug-likeness (QED) is 0.467. The molecule has 1 aromatic heterocycles. The Labute approximate surface area is 142 Å². The number of benzene rings is 1. The van der Waals surface area contributed by atoms with E-state index in [0.717, 1.165) is 0 Å². The summed E-state index contributed by atoms with van der Waals surface area (Å²) in [6, 6.07) is 9.10. The van der Waals surface area contributed by atoms with Crippen LogP contribution in [-0.4, -0.2) is 23.3 Å². The predicted octanol–water partition coefficient (Wildman–Crippen LogP) is 1.74. The van der Waals surface area contributed by atoms with Crippen molar-refractivity contribution in [3.05, 3.63) is 64.1 Å². The Balaban J connectivity index is 1.78. The number of hydrogen-bond acceptors (Lipinski definition) is 6. The fourth-order valence-corrected chi connectivity index (χ4v) is 1.78. The van der Waals surface area contributed by atoms with Gasteiger partial charge in [-0.15, -0.1) is 0 Å². The number of ether oxygens (including phenoxy) is 1. The van der Waals surface area contributed by atoms with E-state index >= 15 is 0 Å². The lowest BCUT2D eigenvalue weighted by molar-refractivity contribution is -0.385. The minimum atomic E-state index is -0.672. The van der Waals surface area contributed by atoms with E-state index in [2.05, 4.69) is 10.9 Å². The van der Waals surface area contributed by atoms with Crippen LogP contribution in [0.4, 0.5) is 5.69 Å². The van der Waals surface area contributed by atoms with Crippen LogP contribution >= 0.6 is 0 Å². The number of aryl methyl sites for hydroxylation is 1. The number of nitro benzene ring substituents is 1. The Morgan fingerprint density at radius 3 is 2.68 bits per heavy atom. The molecule has 1 aromatic carbocycles. The van der Waals surface area contributed by atoms with Gasteiger partial charge in [0.1, 0.15) is 11.5 Å². The number of amides is 2. The van der Waals surface area contributed by atoms with E-state index < -0.39 is 23.3 Å². The summed E-state index contributed by atoms with van der Waals surface area (Å²) in [5, 5.41) is 10.8. The molecule has 0 fully saturated rings. The zero-order valence-corrected chi connectivity index (χ0v) is 13.2. The summed E-state index contributed by atoms with van der Waals surface area (Å²) < 4.78 is 10.3. The van der Waals surface area contributed by atoms with Crippen molar-refractivity contribution in [1.82, 2.24) is 10.9 Å². The summed E-state index contributed by atoms with van der Waals surface area (Å²) in [7, 11) is 0. The first-order valence-electron chi connectivity index (χ1n) is 7.15. The third kappa shape index (κ3) is 5.50. The van der Waals surface area contributed by atoms with E-state index in [1.165, 1.54) is 30.4 Å². The standard InChI is InChI=1S/C16H15N3O6/c1-11-6-7-12(25-11)8-9-15(20)17-18-16(21)10-24-14-5-3-2-4-13(14)19(22)23/h2-9H,10H2,1H3,(H,17,20)(H,18,21)/b9-8+. The minimum Gasteiger partial charge on any atom is -0.477 e. The maximum absolute atomic E-state index is 11.6. The molecule has 0 unspecified atom stereocenters. The Morgan fingerprint density at radius 2 is 2.00 bits per heavy atom. The number of hydrazine groups is 1. The fraction of sp³-hybridized carbons (Fsp3) is 0.125. The van der Waals surface area contributed by atoms with Gasteiger partial charge in [-0.2, -0.15) is 0 Å². The molecule has 0 bridgehead atoms. The van der Waals surface area contributed by atoms with E-state index in [1.54, 1.807) is 25.1 Å². The Kier molecular flexibility index (Phi) is 5.88. The molecule has 2 aromatic rings. The molecule has 130 valence electrons. The topological polar surface area (TPSA) is 124 Å². The lowest BCUT2D eigenvalue weighted by Crippen LogP contribution is -2.43. The van der Waals surface area contributed by atoms with Crippen molar-refractivity contribution >= 4 is 23.6 Å². The summed E-state index contributed by atoms with van der Waals surface area (Å²) in [5.41, 5.74) is 4.03. The van der Waals surface area contributed by atoms with Crippen molar-refractivity contribution < 1.29 is 23.7 Å². The van der Waals surface area contributed by atoms with Gasteiger partial charge in [-0.05, 0) is 31.2 Å². The molecular formula is C16H15N3O6. The van der Waals surface area contributed by atoms with E-state index in [4.69, 9.17) is 9.15 Å². The monoisotopic (exact) mass is 345 g/mol. The molecule has 0 radical (unpaired) electrons. The van der Waals surface area contributed by atoms with Crippen LogP contribution in [0.1, 0.15) is 11.5 Å². The van der Waals surface area contributed by atoms with Crippen LogP contribution in [0, 0.1) is 17.0 Å². The highest BCUT2D eigenvalue weighted by molar-refractivity contribution is 5.92. The first-order chi connectivity index (χ1) is 12.0. The number of rotatable bonds is 6. The molecule has 0 aliphatic heterocycles. The van der Waals surface area contributed by atoms with Gasteiger partial charge >= 0.3 is 5.69 Å². The van der Waals surface area contributed by atoms with Crippen LogP contribution in [0.3, 0.4) is 0 Å². The van der Waals surface area contributed by atoms with E-state index in [9.17, 15) is 19.7 Å². The number of furan rings is 1. The second kappa shape index (κ2) is 8.29. The molecule has 0 saturated carbocycles. The molecule has 9 heteroatoms. The molecule has 2 N–H and O–H groups in total. The van der Waals surface area contributed by atoms with Crippen molar-refractivity contribution in [1.29, 1.82) is 0 Å². The molecule has 0 aliphatic rings. The van der Waals surface area contributed by atoms with Gasteiger partial charge in [-0.3, -0.25) is 30.6 Å². The van der Waals surface area contributed by atoms with Crippen molar-refractivity contribution in [2.24, 2.45) is 0 Å². The van der Waals surface area contributed by atoms with Crippen LogP contribution in [-0.2, 0) is 9.59 Å². The second-order valence-electron chi connectivity index (χ2n) is 4.83. The van der Waals surface area contributed by atoms with E-state index in [-0.39, 0.29) is 11.4 Å². The third-order valence-electron chi connectivity index (χ3n) is 2.91. The average Bonchev–Trinajstić information content (AvgIpc) is 3.01. The zero-order valence-electron chi connectivity index (χ0n) is 13.2. The number of nitrogens with zero attached hydrogens (tertiary/aromatic N) is 1. The van der Waals surface area contributed by atoms with Crippen LogP contribution in [0.25, 0.3) is 6.08 Å². The van der Waals surface area contributed by atoms with Crippen molar-refractivity contribution in [3.8, 4) is 5.75 Å². The highest BCUT2D eigenvalue weighted by Gasteiger charge is 2.14. The molecule has 2 amide bonds. The third-order valence-corrected chi connectivity index (χ3v) is 2.91. The summed E-state index contributed by atoms with van der Waals surface area (Å²) in [5.74, 6) is -0.0805. The molecule has 2 rings (SSSR count). The number of nitro groups is 1. The van der Waals surface area contributed by atoms with Crippen LogP contribution in [0.2, 0.25) is 0 Å². The lowest BCUT2D eigenvalue weighted by Gasteiger charge is -2.07. The van der Waals surface area contributed by atoms with Gasteiger partial charge < -0.3 is 9.15 Å². The summed E-state index contributed by atoms with van der Waals surface area (Å²) in [4.78, 5) is 33.4. The molecule has 25 heavy (non-hydrogen) atoms. The smallest absolute Gasteiger partial charge is 0.310 e. The number of nitrogens with one attached hydrogen (secondary N) is 2. The first-order valence-corrected chi connectivity index (χ1v) is 7.15. The summed E-state index contributed by atoms with van der Waals surface area (Å²) >= 11 is 0. The van der Waals surface area contributed by atoms with Crippen LogP contribution in [0.5, 0.6) is 5.75 Å². The first kappa shape index (κ1) is 17.7. The van der Waals surface area contributed by atoms with Gasteiger partial charge in [0, 0.05) is 12.1 Å². The Morgan fingerprint density at radius 1 is 1.24 bits per heavy atom. The van der Waals surface area contributed by atoms with Gasteiger partial charge in [0.2, 0.25) is 0 Å². The fourth-order valence-electron chi connectivity index (χ4n) is 1.78. The molecule has 1 heterocycles. The van der Waals surface area contributed by atoms with Crippen molar-refractivity contribution in [2.45, 2.75) is 6.92 Å². The molecule has 0 atom stereocenters. The minimum absolute atomic E-state index is 0.0398. The van der Waals surface area contributed by atoms with Crippen molar-refractivity contribution in [3.63, 3.8) is 0 Å². The van der Waals surface area contributed by atoms with E-state index in [0.29, 0.717) is 11.5 Å². The maximum atomic E-state index is 11.6. The zero-order chi connectivity index (χ0) is 18.2.